The van der Waals surface area contributed by atoms with Gasteiger partial charge in [0.05, 0.1) is 19.8 Å². The van der Waals surface area contributed by atoms with Crippen molar-refractivity contribution in [3.8, 4) is 6.07 Å². The molecule has 6 nitrogen and oxygen atoms in total. The zero-order chi connectivity index (χ0) is 13.6. The van der Waals surface area contributed by atoms with Gasteiger partial charge in [0.25, 0.3) is 5.91 Å². The van der Waals surface area contributed by atoms with Gasteiger partial charge in [0, 0.05) is 19.3 Å². The molecular weight excluding hydrogens is 234 g/mol. The number of nitrogens with zero attached hydrogens (tertiary/aromatic N) is 1. The van der Waals surface area contributed by atoms with Gasteiger partial charge in [0.1, 0.15) is 11.6 Å². The Bertz CT molecular complexity index is 297. The molecule has 0 saturated heterocycles. The molecule has 0 saturated carbocycles. The summed E-state index contributed by atoms with van der Waals surface area (Å²) in [6.45, 7) is 3.77. The maximum absolute atomic E-state index is 11.5. The number of hydrogen-bond donors (Lipinski definition) is 3. The van der Waals surface area contributed by atoms with E-state index in [1.54, 1.807) is 0 Å². The predicted molar refractivity (Wildman–Crippen MR) is 67.5 cm³/mol. The van der Waals surface area contributed by atoms with Crippen LogP contribution in [0, 0.1) is 11.3 Å². The zero-order valence-electron chi connectivity index (χ0n) is 10.7. The van der Waals surface area contributed by atoms with Gasteiger partial charge >= 0.3 is 0 Å². The summed E-state index contributed by atoms with van der Waals surface area (Å²) in [5.41, 5.74) is 0.0493. The monoisotopic (exact) mass is 255 g/mol. The molecule has 0 atom stereocenters. The van der Waals surface area contributed by atoms with Gasteiger partial charge in [-0.3, -0.25) is 4.79 Å². The van der Waals surface area contributed by atoms with Crippen molar-refractivity contribution in [2.24, 2.45) is 0 Å². The molecule has 102 valence electrons. The summed E-state index contributed by atoms with van der Waals surface area (Å²) in [6.07, 6.45) is 3.27. The van der Waals surface area contributed by atoms with Crippen LogP contribution in [0.4, 0.5) is 0 Å². The summed E-state index contributed by atoms with van der Waals surface area (Å²) in [5.74, 6) is -0.366. The summed E-state index contributed by atoms with van der Waals surface area (Å²) in [6, 6.07) is 1.84. The Labute approximate surface area is 108 Å². The fourth-order valence-corrected chi connectivity index (χ4v) is 1.09. The Balaban J connectivity index is 3.85. The Morgan fingerprint density at radius 1 is 1.44 bits per heavy atom. The molecule has 6 heteroatoms. The van der Waals surface area contributed by atoms with E-state index in [-0.39, 0.29) is 24.7 Å². The minimum Gasteiger partial charge on any atom is -0.394 e. The van der Waals surface area contributed by atoms with Crippen molar-refractivity contribution in [1.29, 1.82) is 5.26 Å². The van der Waals surface area contributed by atoms with E-state index < -0.39 is 0 Å². The van der Waals surface area contributed by atoms with Gasteiger partial charge in [0.2, 0.25) is 0 Å². The third-order valence-corrected chi connectivity index (χ3v) is 2.05. The van der Waals surface area contributed by atoms with Crippen LogP contribution in [-0.4, -0.2) is 43.9 Å². The highest BCUT2D eigenvalue weighted by Crippen LogP contribution is 1.91. The molecule has 0 aromatic heterocycles. The highest BCUT2D eigenvalue weighted by Gasteiger charge is 2.06. The first-order chi connectivity index (χ1) is 8.76. The van der Waals surface area contributed by atoms with E-state index in [4.69, 9.17) is 15.1 Å². The van der Waals surface area contributed by atoms with Crippen LogP contribution < -0.4 is 10.6 Å². The van der Waals surface area contributed by atoms with Gasteiger partial charge in [-0.05, 0) is 6.42 Å². The molecule has 0 radical (unpaired) electrons. The number of rotatable bonds is 10. The number of aliphatic hydroxyl groups is 1. The first kappa shape index (κ1) is 16.4. The molecule has 1 amide bonds. The van der Waals surface area contributed by atoms with E-state index in [9.17, 15) is 4.79 Å². The average molecular weight is 255 g/mol. The fourth-order valence-electron chi connectivity index (χ4n) is 1.09. The van der Waals surface area contributed by atoms with Gasteiger partial charge in [-0.25, -0.2) is 0 Å². The normalized spacial score (nSPS) is 10.8. The molecule has 0 bridgehead atoms. The van der Waals surface area contributed by atoms with Crippen molar-refractivity contribution < 1.29 is 14.6 Å². The molecule has 0 heterocycles. The average Bonchev–Trinajstić information content (AvgIpc) is 2.38. The largest absolute Gasteiger partial charge is 0.394 e. The second-order valence-corrected chi connectivity index (χ2v) is 3.57. The molecule has 0 aromatic carbocycles. The van der Waals surface area contributed by atoms with E-state index in [0.717, 1.165) is 12.8 Å². The van der Waals surface area contributed by atoms with Crippen LogP contribution in [0.25, 0.3) is 0 Å². The SMILES string of the molecule is CCCCNC(=O)/C(C#N)=C\NCCOCCO. The minimum absolute atomic E-state index is 0.0148. The molecule has 3 N–H and O–H groups in total. The summed E-state index contributed by atoms with van der Waals surface area (Å²) >= 11 is 0. The maximum atomic E-state index is 11.5. The molecule has 0 unspecified atom stereocenters. The van der Waals surface area contributed by atoms with Gasteiger partial charge in [-0.2, -0.15) is 5.26 Å². The second-order valence-electron chi connectivity index (χ2n) is 3.57. The second kappa shape index (κ2) is 11.9. The number of aliphatic hydroxyl groups excluding tert-OH is 1. The lowest BCUT2D eigenvalue weighted by atomic mass is 10.3. The molecule has 0 spiro atoms. The first-order valence-corrected chi connectivity index (χ1v) is 6.06. The van der Waals surface area contributed by atoms with Crippen molar-refractivity contribution in [1.82, 2.24) is 10.6 Å². The lowest BCUT2D eigenvalue weighted by Crippen LogP contribution is -2.27. The van der Waals surface area contributed by atoms with Crippen LogP contribution in [0.2, 0.25) is 0 Å². The zero-order valence-corrected chi connectivity index (χ0v) is 10.7. The van der Waals surface area contributed by atoms with Crippen LogP contribution in [0.5, 0.6) is 0 Å². The standard InChI is InChI=1S/C12H21N3O3/c1-2-3-4-15-12(17)11(9-13)10-14-5-7-18-8-6-16/h10,14,16H,2-8H2,1H3,(H,15,17)/b11-10-. The number of hydrogen-bond acceptors (Lipinski definition) is 5. The highest BCUT2D eigenvalue weighted by atomic mass is 16.5. The Morgan fingerprint density at radius 3 is 2.83 bits per heavy atom. The molecule has 0 aliphatic carbocycles. The van der Waals surface area contributed by atoms with Gasteiger partial charge in [0.15, 0.2) is 0 Å². The van der Waals surface area contributed by atoms with Crippen molar-refractivity contribution in [2.75, 3.05) is 32.9 Å². The third-order valence-electron chi connectivity index (χ3n) is 2.05. The number of nitriles is 1. The van der Waals surface area contributed by atoms with E-state index >= 15 is 0 Å². The van der Waals surface area contributed by atoms with E-state index in [0.29, 0.717) is 19.7 Å². The van der Waals surface area contributed by atoms with Crippen LogP contribution in [0.15, 0.2) is 11.8 Å². The maximum Gasteiger partial charge on any atom is 0.263 e. The summed E-state index contributed by atoms with van der Waals surface area (Å²) in [7, 11) is 0. The lowest BCUT2D eigenvalue weighted by Gasteiger charge is -2.04. The number of ether oxygens (including phenoxy) is 1. The van der Waals surface area contributed by atoms with Gasteiger partial charge < -0.3 is 20.5 Å². The first-order valence-electron chi connectivity index (χ1n) is 6.06. The molecule has 0 fully saturated rings. The van der Waals surface area contributed by atoms with Gasteiger partial charge in [-0.1, -0.05) is 13.3 Å². The Kier molecular flexibility index (Phi) is 10.8. The van der Waals surface area contributed by atoms with E-state index in [1.807, 2.05) is 13.0 Å². The van der Waals surface area contributed by atoms with E-state index in [2.05, 4.69) is 10.6 Å². The lowest BCUT2D eigenvalue weighted by molar-refractivity contribution is -0.117. The quantitative estimate of drug-likeness (QED) is 0.288. The van der Waals surface area contributed by atoms with Crippen LogP contribution in [0.3, 0.4) is 0 Å². The topological polar surface area (TPSA) is 94.4 Å². The smallest absolute Gasteiger partial charge is 0.263 e. The summed E-state index contributed by atoms with van der Waals surface area (Å²) in [4.78, 5) is 11.5. The van der Waals surface area contributed by atoms with Crippen molar-refractivity contribution in [3.05, 3.63) is 11.8 Å². The number of carbonyl (C=O) groups is 1. The Hall–Kier alpha value is -1.58. The molecule has 18 heavy (non-hydrogen) atoms. The van der Waals surface area contributed by atoms with Crippen LogP contribution in [-0.2, 0) is 9.53 Å². The third kappa shape index (κ3) is 8.56. The molecule has 0 aliphatic rings. The molecule has 0 aliphatic heterocycles. The summed E-state index contributed by atoms with van der Waals surface area (Å²) < 4.78 is 5.01. The Morgan fingerprint density at radius 2 is 2.22 bits per heavy atom. The minimum atomic E-state index is -0.366. The van der Waals surface area contributed by atoms with E-state index in [1.165, 1.54) is 6.20 Å². The molecule has 0 aromatic rings. The van der Waals surface area contributed by atoms with Crippen LogP contribution >= 0.6 is 0 Å². The predicted octanol–water partition coefficient (Wildman–Crippen LogP) is -0.0913. The molecular formula is C12H21N3O3. The number of amides is 1. The van der Waals surface area contributed by atoms with Crippen molar-refractivity contribution in [2.45, 2.75) is 19.8 Å². The number of carbonyl (C=O) groups excluding carboxylic acids is 1. The van der Waals surface area contributed by atoms with Gasteiger partial charge in [-0.15, -0.1) is 0 Å². The fraction of sp³-hybridized carbons (Fsp3) is 0.667. The van der Waals surface area contributed by atoms with Crippen LogP contribution in [0.1, 0.15) is 19.8 Å². The highest BCUT2D eigenvalue weighted by molar-refractivity contribution is 5.97. The van der Waals surface area contributed by atoms with Crippen molar-refractivity contribution >= 4 is 5.91 Å². The summed E-state index contributed by atoms with van der Waals surface area (Å²) in [5, 5.41) is 22.8. The number of nitrogens with one attached hydrogen (secondary N) is 2. The number of unbranched alkanes of at least 4 members (excludes halogenated alkanes) is 1. The molecule has 0 rings (SSSR count). The van der Waals surface area contributed by atoms with Crippen molar-refractivity contribution in [3.63, 3.8) is 0 Å².